The summed E-state index contributed by atoms with van der Waals surface area (Å²) in [4.78, 5) is 0. The fourth-order valence-electron chi connectivity index (χ4n) is 1.94. The van der Waals surface area contributed by atoms with Crippen LogP contribution in [0, 0.1) is 31.3 Å². The Labute approximate surface area is 109 Å². The van der Waals surface area contributed by atoms with Gasteiger partial charge in [-0.2, -0.15) is 0 Å². The molecule has 1 atom stereocenters. The van der Waals surface area contributed by atoms with Crippen molar-refractivity contribution in [1.29, 1.82) is 0 Å². The number of benzene rings is 2. The lowest BCUT2D eigenvalue weighted by molar-refractivity contribution is 0.570. The second kappa shape index (κ2) is 5.05. The zero-order valence-corrected chi connectivity index (χ0v) is 10.7. The van der Waals surface area contributed by atoms with E-state index in [1.807, 2.05) is 0 Å². The average molecular weight is 265 g/mol. The van der Waals surface area contributed by atoms with Crippen LogP contribution in [0.4, 0.5) is 13.2 Å². The molecule has 0 saturated heterocycles. The summed E-state index contributed by atoms with van der Waals surface area (Å²) in [5.41, 5.74) is 7.18. The smallest absolute Gasteiger partial charge is 0.128 e. The normalized spacial score (nSPS) is 12.5. The molecule has 0 spiro atoms. The molecule has 4 heteroatoms. The van der Waals surface area contributed by atoms with Crippen molar-refractivity contribution < 1.29 is 13.2 Å². The molecule has 19 heavy (non-hydrogen) atoms. The number of rotatable bonds is 2. The molecular weight excluding hydrogens is 251 g/mol. The van der Waals surface area contributed by atoms with Crippen LogP contribution >= 0.6 is 0 Å². The van der Waals surface area contributed by atoms with Gasteiger partial charge in [-0.25, -0.2) is 13.2 Å². The predicted octanol–water partition coefficient (Wildman–Crippen LogP) is 3.77. The lowest BCUT2D eigenvalue weighted by atomic mass is 9.96. The maximum Gasteiger partial charge on any atom is 0.128 e. The Hall–Kier alpha value is -1.81. The van der Waals surface area contributed by atoms with Gasteiger partial charge in [-0.3, -0.25) is 0 Å². The predicted molar refractivity (Wildman–Crippen MR) is 68.3 cm³/mol. The van der Waals surface area contributed by atoms with Crippen LogP contribution in [0.25, 0.3) is 0 Å². The van der Waals surface area contributed by atoms with Crippen LogP contribution in [0.15, 0.2) is 30.3 Å². The molecule has 0 aliphatic carbocycles. The quantitative estimate of drug-likeness (QED) is 0.878. The summed E-state index contributed by atoms with van der Waals surface area (Å²) >= 11 is 0. The van der Waals surface area contributed by atoms with E-state index in [0.29, 0.717) is 11.1 Å². The first-order valence-corrected chi connectivity index (χ1v) is 5.87. The van der Waals surface area contributed by atoms with Crippen LogP contribution in [0.3, 0.4) is 0 Å². The molecule has 0 fully saturated rings. The molecule has 0 aliphatic rings. The van der Waals surface area contributed by atoms with E-state index in [2.05, 4.69) is 0 Å². The van der Waals surface area contributed by atoms with Gasteiger partial charge in [-0.05, 0) is 48.7 Å². The Kier molecular flexibility index (Phi) is 3.62. The largest absolute Gasteiger partial charge is 0.320 e. The van der Waals surface area contributed by atoms with Gasteiger partial charge >= 0.3 is 0 Å². The maximum absolute atomic E-state index is 13.8. The summed E-state index contributed by atoms with van der Waals surface area (Å²) in [7, 11) is 0. The molecular formula is C15H14F3N. The van der Waals surface area contributed by atoms with Crippen molar-refractivity contribution in [2.75, 3.05) is 0 Å². The lowest BCUT2D eigenvalue weighted by Gasteiger charge is -2.15. The average Bonchev–Trinajstić information content (AvgIpc) is 2.36. The molecule has 0 radical (unpaired) electrons. The van der Waals surface area contributed by atoms with Gasteiger partial charge < -0.3 is 5.73 Å². The molecule has 2 N–H and O–H groups in total. The molecule has 0 bridgehead atoms. The van der Waals surface area contributed by atoms with Crippen molar-refractivity contribution in [3.8, 4) is 0 Å². The zero-order chi connectivity index (χ0) is 14.2. The van der Waals surface area contributed by atoms with Crippen LogP contribution < -0.4 is 5.73 Å². The molecule has 0 heterocycles. The fourth-order valence-corrected chi connectivity index (χ4v) is 1.94. The number of halogens is 3. The third-order valence-electron chi connectivity index (χ3n) is 3.15. The topological polar surface area (TPSA) is 26.0 Å². The number of hydrogen-bond donors (Lipinski definition) is 1. The number of nitrogens with two attached hydrogens (primary N) is 1. The molecule has 0 aromatic heterocycles. The van der Waals surface area contributed by atoms with Gasteiger partial charge in [0.05, 0.1) is 6.04 Å². The van der Waals surface area contributed by atoms with Crippen LogP contribution in [-0.2, 0) is 0 Å². The summed E-state index contributed by atoms with van der Waals surface area (Å²) < 4.78 is 40.5. The van der Waals surface area contributed by atoms with E-state index < -0.39 is 17.7 Å². The number of aryl methyl sites for hydroxylation is 2. The van der Waals surface area contributed by atoms with E-state index in [0.717, 1.165) is 12.1 Å². The SMILES string of the molecule is Cc1cc(C(N)c2cc(F)c(C)cc2F)ccc1F. The van der Waals surface area contributed by atoms with E-state index in [1.165, 1.54) is 25.1 Å². The van der Waals surface area contributed by atoms with Crippen molar-refractivity contribution in [3.63, 3.8) is 0 Å². The highest BCUT2D eigenvalue weighted by atomic mass is 19.1. The highest BCUT2D eigenvalue weighted by Crippen LogP contribution is 2.25. The Morgan fingerprint density at radius 3 is 2.11 bits per heavy atom. The van der Waals surface area contributed by atoms with Crippen molar-refractivity contribution in [2.45, 2.75) is 19.9 Å². The third kappa shape index (κ3) is 2.63. The standard InChI is InChI=1S/C15H14F3N/c1-8-5-10(3-4-12(8)16)15(19)11-7-13(17)9(2)6-14(11)18/h3-7,15H,19H2,1-2H3. The van der Waals surface area contributed by atoms with Gasteiger partial charge in [-0.1, -0.05) is 12.1 Å². The minimum absolute atomic E-state index is 0.0640. The van der Waals surface area contributed by atoms with Crippen LogP contribution in [-0.4, -0.2) is 0 Å². The van der Waals surface area contributed by atoms with E-state index >= 15 is 0 Å². The van der Waals surface area contributed by atoms with Crippen LogP contribution in [0.2, 0.25) is 0 Å². The third-order valence-corrected chi connectivity index (χ3v) is 3.15. The van der Waals surface area contributed by atoms with Crippen LogP contribution in [0.5, 0.6) is 0 Å². The first-order valence-electron chi connectivity index (χ1n) is 5.87. The molecule has 1 unspecified atom stereocenters. The second-order valence-corrected chi connectivity index (χ2v) is 4.61. The summed E-state index contributed by atoms with van der Waals surface area (Å²) in [5, 5.41) is 0. The summed E-state index contributed by atoms with van der Waals surface area (Å²) in [6.45, 7) is 3.08. The molecule has 0 saturated carbocycles. The van der Waals surface area contributed by atoms with Gasteiger partial charge in [0.25, 0.3) is 0 Å². The molecule has 100 valence electrons. The Balaban J connectivity index is 2.46. The van der Waals surface area contributed by atoms with E-state index in [1.54, 1.807) is 6.92 Å². The van der Waals surface area contributed by atoms with Gasteiger partial charge in [0.15, 0.2) is 0 Å². The Morgan fingerprint density at radius 1 is 0.842 bits per heavy atom. The maximum atomic E-state index is 13.8. The minimum Gasteiger partial charge on any atom is -0.320 e. The fraction of sp³-hybridized carbons (Fsp3) is 0.200. The Bertz CT molecular complexity index is 623. The Morgan fingerprint density at radius 2 is 1.47 bits per heavy atom. The molecule has 2 aromatic carbocycles. The zero-order valence-electron chi connectivity index (χ0n) is 10.7. The molecule has 1 nitrogen and oxygen atoms in total. The van der Waals surface area contributed by atoms with Crippen molar-refractivity contribution in [2.24, 2.45) is 5.73 Å². The first-order chi connectivity index (χ1) is 8.90. The minimum atomic E-state index is -0.825. The molecule has 2 rings (SSSR count). The molecule has 2 aromatic rings. The van der Waals surface area contributed by atoms with Crippen molar-refractivity contribution >= 4 is 0 Å². The van der Waals surface area contributed by atoms with Gasteiger partial charge in [0.1, 0.15) is 17.5 Å². The summed E-state index contributed by atoms with van der Waals surface area (Å²) in [6, 6.07) is 5.66. The second-order valence-electron chi connectivity index (χ2n) is 4.61. The van der Waals surface area contributed by atoms with Crippen molar-refractivity contribution in [1.82, 2.24) is 0 Å². The first kappa shape index (κ1) is 13.6. The van der Waals surface area contributed by atoms with Crippen molar-refractivity contribution in [3.05, 3.63) is 70.0 Å². The van der Waals surface area contributed by atoms with Gasteiger partial charge in [0, 0.05) is 5.56 Å². The summed E-state index contributed by atoms with van der Waals surface area (Å²) in [6.07, 6.45) is 0. The van der Waals surface area contributed by atoms with Gasteiger partial charge in [-0.15, -0.1) is 0 Å². The lowest BCUT2D eigenvalue weighted by Crippen LogP contribution is -2.14. The van der Waals surface area contributed by atoms with Crippen LogP contribution in [0.1, 0.15) is 28.3 Å². The molecule has 0 amide bonds. The summed E-state index contributed by atoms with van der Waals surface area (Å²) in [5.74, 6) is -1.43. The van der Waals surface area contributed by atoms with E-state index in [-0.39, 0.29) is 16.9 Å². The highest BCUT2D eigenvalue weighted by Gasteiger charge is 2.16. The van der Waals surface area contributed by atoms with Gasteiger partial charge in [0.2, 0.25) is 0 Å². The van der Waals surface area contributed by atoms with E-state index in [4.69, 9.17) is 5.73 Å². The highest BCUT2D eigenvalue weighted by molar-refractivity contribution is 5.36. The van der Waals surface area contributed by atoms with E-state index in [9.17, 15) is 13.2 Å². The molecule has 0 aliphatic heterocycles. The monoisotopic (exact) mass is 265 g/mol. The number of hydrogen-bond acceptors (Lipinski definition) is 1.